The van der Waals surface area contributed by atoms with Crippen LogP contribution in [0.2, 0.25) is 0 Å². The molecule has 3 aromatic carbocycles. The number of nitrogens with one attached hydrogen (secondary N) is 1. The Morgan fingerprint density at radius 1 is 1.05 bits per heavy atom. The Balaban J connectivity index is 1.43. The van der Waals surface area contributed by atoms with E-state index in [0.717, 1.165) is 23.1 Å². The van der Waals surface area contributed by atoms with Crippen molar-refractivity contribution in [1.82, 2.24) is 15.2 Å². The van der Waals surface area contributed by atoms with Crippen molar-refractivity contribution in [1.29, 1.82) is 0 Å². The smallest absolute Gasteiger partial charge is 0.492 e. The van der Waals surface area contributed by atoms with Crippen molar-refractivity contribution < 1.29 is 27.8 Å². The number of amides is 1. The molecule has 0 spiro atoms. The monoisotopic (exact) mass is 533 g/mol. The molecule has 1 N–H and O–H groups in total. The second-order valence-corrected chi connectivity index (χ2v) is 9.77. The molecule has 0 radical (unpaired) electrons. The average molecular weight is 534 g/mol. The van der Waals surface area contributed by atoms with Crippen molar-refractivity contribution in [2.45, 2.75) is 26.2 Å². The number of hydrogen-bond donors (Lipinski definition) is 1. The number of nitrogens with zero attached hydrogens (tertiary/aromatic N) is 2. The molecule has 4 aromatic rings. The van der Waals surface area contributed by atoms with Gasteiger partial charge in [0.05, 0.1) is 17.3 Å². The lowest BCUT2D eigenvalue weighted by Gasteiger charge is -2.19. The van der Waals surface area contributed by atoms with Gasteiger partial charge in [0.2, 0.25) is 0 Å². The summed E-state index contributed by atoms with van der Waals surface area (Å²) in [6.45, 7) is 5.05. The molecule has 7 nitrogen and oxygen atoms in total. The Labute approximate surface area is 225 Å². The van der Waals surface area contributed by atoms with E-state index in [9.17, 15) is 13.6 Å². The molecule has 0 aliphatic carbocycles. The molecule has 2 heterocycles. The van der Waals surface area contributed by atoms with E-state index in [0.29, 0.717) is 34.7 Å². The summed E-state index contributed by atoms with van der Waals surface area (Å²) >= 11 is 0. The Kier molecular flexibility index (Phi) is 7.10. The van der Waals surface area contributed by atoms with Gasteiger partial charge < -0.3 is 24.4 Å². The van der Waals surface area contributed by atoms with E-state index in [1.54, 1.807) is 12.1 Å². The summed E-state index contributed by atoms with van der Waals surface area (Å²) in [7, 11) is 3.94. The van der Waals surface area contributed by atoms with Crippen molar-refractivity contribution in [2.75, 3.05) is 27.2 Å². The maximum atomic E-state index is 13.5. The Hall–Kier alpha value is -4.24. The Bertz CT molecular complexity index is 1540. The lowest BCUT2D eigenvalue weighted by atomic mass is 9.98. The Morgan fingerprint density at radius 2 is 1.82 bits per heavy atom. The van der Waals surface area contributed by atoms with Crippen LogP contribution in [0.4, 0.5) is 8.78 Å². The first-order chi connectivity index (χ1) is 18.6. The topological polar surface area (TPSA) is 72.9 Å². The molecule has 0 bridgehead atoms. The molecular weight excluding hydrogens is 504 g/mol. The minimum atomic E-state index is -3.70. The van der Waals surface area contributed by atoms with Crippen LogP contribution in [0.25, 0.3) is 22.2 Å². The number of benzene rings is 3. The lowest BCUT2D eigenvalue weighted by molar-refractivity contribution is -0.286. The SMILES string of the molecule is Cc1ccc(OCCN(C)C)cc1C(=O)N[C@H](C)c1cc(-c2ccc3c(c2)OC(F)(F)O3)nc2ccccc12. The van der Waals surface area contributed by atoms with Gasteiger partial charge in [-0.2, -0.15) is 0 Å². The summed E-state index contributed by atoms with van der Waals surface area (Å²) in [5.41, 5.74) is 4.04. The average Bonchev–Trinajstić information content (AvgIpc) is 3.21. The van der Waals surface area contributed by atoms with Gasteiger partial charge >= 0.3 is 6.29 Å². The van der Waals surface area contributed by atoms with Crippen molar-refractivity contribution >= 4 is 16.8 Å². The third kappa shape index (κ3) is 5.78. The first-order valence-corrected chi connectivity index (χ1v) is 12.6. The minimum Gasteiger partial charge on any atom is -0.492 e. The molecule has 1 aromatic heterocycles. The van der Waals surface area contributed by atoms with Gasteiger partial charge in [-0.05, 0) is 81.5 Å². The number of rotatable bonds is 8. The zero-order valence-electron chi connectivity index (χ0n) is 22.1. The van der Waals surface area contributed by atoms with Gasteiger partial charge in [0.15, 0.2) is 11.5 Å². The quantitative estimate of drug-likeness (QED) is 0.301. The third-order valence-electron chi connectivity index (χ3n) is 6.52. The van der Waals surface area contributed by atoms with E-state index >= 15 is 0 Å². The van der Waals surface area contributed by atoms with Gasteiger partial charge in [0.1, 0.15) is 12.4 Å². The standard InChI is InChI=1S/C30H29F2N3O4/c1-18-9-11-21(37-14-13-35(3)4)16-23(18)29(36)33-19(2)24-17-26(34-25-8-6-5-7-22(24)25)20-10-12-27-28(15-20)39-30(31,32)38-27/h5-12,15-17,19H,13-14H2,1-4H3,(H,33,36)/t19-/m1/s1. The fraction of sp³-hybridized carbons (Fsp3) is 0.267. The van der Waals surface area contributed by atoms with Crippen LogP contribution in [0, 0.1) is 6.92 Å². The van der Waals surface area contributed by atoms with E-state index in [1.807, 2.05) is 75.3 Å². The number of carbonyl (C=O) groups is 1. The molecule has 1 amide bonds. The van der Waals surface area contributed by atoms with Gasteiger partial charge in [-0.25, -0.2) is 4.98 Å². The second kappa shape index (κ2) is 10.5. The predicted octanol–water partition coefficient (Wildman–Crippen LogP) is 5.96. The fourth-order valence-corrected chi connectivity index (χ4v) is 4.45. The zero-order chi connectivity index (χ0) is 27.7. The summed E-state index contributed by atoms with van der Waals surface area (Å²) in [6, 6.07) is 19.1. The maximum absolute atomic E-state index is 13.5. The van der Waals surface area contributed by atoms with Crippen LogP contribution in [0.5, 0.6) is 17.2 Å². The van der Waals surface area contributed by atoms with Crippen LogP contribution in [-0.2, 0) is 0 Å². The van der Waals surface area contributed by atoms with Crippen molar-refractivity contribution in [2.24, 2.45) is 0 Å². The summed E-state index contributed by atoms with van der Waals surface area (Å²) in [4.78, 5) is 20.1. The normalized spacial score (nSPS) is 14.4. The molecule has 39 heavy (non-hydrogen) atoms. The zero-order valence-corrected chi connectivity index (χ0v) is 22.1. The Morgan fingerprint density at radius 3 is 2.62 bits per heavy atom. The van der Waals surface area contributed by atoms with Crippen molar-refractivity contribution in [3.8, 4) is 28.5 Å². The number of ether oxygens (including phenoxy) is 3. The summed E-state index contributed by atoms with van der Waals surface area (Å²) in [5, 5.41) is 3.98. The molecule has 0 saturated heterocycles. The van der Waals surface area contributed by atoms with Gasteiger partial charge in [-0.1, -0.05) is 24.3 Å². The molecule has 5 rings (SSSR count). The molecule has 1 aliphatic heterocycles. The number of para-hydroxylation sites is 1. The molecule has 0 unspecified atom stereocenters. The number of carbonyl (C=O) groups excluding carboxylic acids is 1. The van der Waals surface area contributed by atoms with Crippen molar-refractivity contribution in [3.05, 3.63) is 83.4 Å². The highest BCUT2D eigenvalue weighted by molar-refractivity contribution is 5.97. The fourth-order valence-electron chi connectivity index (χ4n) is 4.45. The van der Waals surface area contributed by atoms with Crippen LogP contribution < -0.4 is 19.5 Å². The number of likely N-dealkylation sites (N-methyl/N-ethyl adjacent to an activating group) is 1. The first-order valence-electron chi connectivity index (χ1n) is 12.6. The van der Waals surface area contributed by atoms with E-state index in [2.05, 4.69) is 14.8 Å². The number of hydrogen-bond acceptors (Lipinski definition) is 6. The molecule has 0 saturated carbocycles. The van der Waals surface area contributed by atoms with Gasteiger partial charge in [-0.15, -0.1) is 8.78 Å². The molecule has 9 heteroatoms. The number of halogens is 2. The number of aromatic nitrogens is 1. The van der Waals surface area contributed by atoms with E-state index in [4.69, 9.17) is 9.72 Å². The molecular formula is C30H29F2N3O4. The highest BCUT2D eigenvalue weighted by Gasteiger charge is 2.43. The number of fused-ring (bicyclic) bond motifs is 2. The van der Waals surface area contributed by atoms with Crippen LogP contribution >= 0.6 is 0 Å². The van der Waals surface area contributed by atoms with Gasteiger partial charge in [-0.3, -0.25) is 4.79 Å². The molecule has 0 fully saturated rings. The first kappa shape index (κ1) is 26.4. The third-order valence-corrected chi connectivity index (χ3v) is 6.52. The molecule has 1 aliphatic rings. The summed E-state index contributed by atoms with van der Waals surface area (Å²) in [6.07, 6.45) is -3.70. The largest absolute Gasteiger partial charge is 0.586 e. The van der Waals surface area contributed by atoms with Gasteiger partial charge in [0, 0.05) is 23.1 Å². The van der Waals surface area contributed by atoms with Crippen LogP contribution in [0.15, 0.2) is 66.7 Å². The van der Waals surface area contributed by atoms with Crippen molar-refractivity contribution in [3.63, 3.8) is 0 Å². The van der Waals surface area contributed by atoms with Crippen LogP contribution in [-0.4, -0.2) is 49.3 Å². The molecule has 1 atom stereocenters. The predicted molar refractivity (Wildman–Crippen MR) is 144 cm³/mol. The lowest BCUT2D eigenvalue weighted by Crippen LogP contribution is -2.27. The summed E-state index contributed by atoms with van der Waals surface area (Å²) in [5.74, 6) is 0.309. The molecule has 202 valence electrons. The van der Waals surface area contributed by atoms with E-state index in [1.165, 1.54) is 12.1 Å². The number of pyridine rings is 1. The number of aryl methyl sites for hydroxylation is 1. The van der Waals surface area contributed by atoms with Crippen LogP contribution in [0.3, 0.4) is 0 Å². The minimum absolute atomic E-state index is 0.0336. The van der Waals surface area contributed by atoms with Gasteiger partial charge in [0.25, 0.3) is 5.91 Å². The maximum Gasteiger partial charge on any atom is 0.586 e. The highest BCUT2D eigenvalue weighted by atomic mass is 19.3. The summed E-state index contributed by atoms with van der Waals surface area (Å²) < 4.78 is 42.1. The van der Waals surface area contributed by atoms with E-state index in [-0.39, 0.29) is 23.4 Å². The van der Waals surface area contributed by atoms with Crippen LogP contribution in [0.1, 0.15) is 34.5 Å². The number of alkyl halides is 2. The second-order valence-electron chi connectivity index (χ2n) is 9.77. The van der Waals surface area contributed by atoms with E-state index < -0.39 is 6.29 Å². The highest BCUT2D eigenvalue weighted by Crippen LogP contribution is 2.43.